The summed E-state index contributed by atoms with van der Waals surface area (Å²) in [6.45, 7) is 0.693. The van der Waals surface area contributed by atoms with E-state index < -0.39 is 22.5 Å². The molecular weight excluding hydrogens is 571 g/mol. The quantitative estimate of drug-likeness (QED) is 0.220. The lowest BCUT2D eigenvalue weighted by atomic mass is 10.1. The predicted molar refractivity (Wildman–Crippen MR) is 145 cm³/mol. The number of aliphatic hydroxyl groups is 1. The number of alkyl halides is 3. The molecule has 2 aromatic carbocycles. The summed E-state index contributed by atoms with van der Waals surface area (Å²) >= 11 is 1.47. The lowest BCUT2D eigenvalue weighted by Gasteiger charge is -2.20. The number of nitrogens with two attached hydrogens (primary N) is 1. The van der Waals surface area contributed by atoms with Gasteiger partial charge in [-0.15, -0.1) is 21.9 Å². The fraction of sp³-hybridized carbons (Fsp3) is 0.360. The largest absolute Gasteiger partial charge is 0.486 e. The highest BCUT2D eigenvalue weighted by Gasteiger charge is 2.30. The molecule has 0 bridgehead atoms. The van der Waals surface area contributed by atoms with Gasteiger partial charge in [-0.05, 0) is 49.5 Å². The van der Waals surface area contributed by atoms with Crippen LogP contribution in [0.1, 0.15) is 29.9 Å². The Morgan fingerprint density at radius 3 is 2.39 bits per heavy atom. The van der Waals surface area contributed by atoms with Crippen molar-refractivity contribution in [1.29, 1.82) is 0 Å². The number of thioether (sulfide) groups is 1. The summed E-state index contributed by atoms with van der Waals surface area (Å²) in [5.74, 6) is 1.25. The minimum atomic E-state index is -4.33. The van der Waals surface area contributed by atoms with Crippen molar-refractivity contribution in [3.8, 4) is 5.75 Å². The third-order valence-electron chi connectivity index (χ3n) is 5.33. The van der Waals surface area contributed by atoms with Gasteiger partial charge in [-0.1, -0.05) is 30.3 Å². The third-order valence-corrected chi connectivity index (χ3v) is 6.44. The first kappa shape index (κ1) is 33.3. The fourth-order valence-electron chi connectivity index (χ4n) is 3.45. The molecule has 0 spiro atoms. The Hall–Kier alpha value is -3.86. The molecule has 1 unspecified atom stereocenters. The second kappa shape index (κ2) is 16.4. The number of aliphatic hydroxyl groups excluding tert-OH is 1. The van der Waals surface area contributed by atoms with Crippen LogP contribution < -0.4 is 21.5 Å². The van der Waals surface area contributed by atoms with Gasteiger partial charge >= 0.3 is 11.9 Å². The summed E-state index contributed by atoms with van der Waals surface area (Å²) in [5.41, 5.74) is 5.00. The number of anilines is 1. The molecular formula is C25H30F3N5O7S. The van der Waals surface area contributed by atoms with Crippen molar-refractivity contribution >= 4 is 17.6 Å². The summed E-state index contributed by atoms with van der Waals surface area (Å²) in [6, 6.07) is 16.0. The molecule has 0 amide bonds. The first-order valence-corrected chi connectivity index (χ1v) is 13.1. The topological polar surface area (TPSA) is 175 Å². The van der Waals surface area contributed by atoms with E-state index >= 15 is 0 Å². The number of nitrogens with one attached hydrogen (secondary N) is 1. The van der Waals surface area contributed by atoms with Crippen LogP contribution in [0.3, 0.4) is 0 Å². The molecule has 1 aliphatic heterocycles. The Morgan fingerprint density at radius 1 is 1.24 bits per heavy atom. The molecule has 4 rings (SSSR count). The van der Waals surface area contributed by atoms with E-state index in [1.165, 1.54) is 28.5 Å². The molecule has 3 atom stereocenters. The Bertz CT molecular complexity index is 1260. The van der Waals surface area contributed by atoms with Crippen molar-refractivity contribution in [3.05, 3.63) is 98.6 Å². The number of hydrogen-bond acceptors (Lipinski definition) is 10. The van der Waals surface area contributed by atoms with E-state index in [9.17, 15) is 18.0 Å². The van der Waals surface area contributed by atoms with Crippen molar-refractivity contribution in [3.63, 3.8) is 0 Å². The number of aromatic nitrogens is 2. The van der Waals surface area contributed by atoms with Crippen molar-refractivity contribution in [2.45, 2.75) is 30.4 Å². The number of nitrogens with zero attached hydrogens (tertiary/aromatic N) is 3. The van der Waals surface area contributed by atoms with Crippen molar-refractivity contribution in [1.82, 2.24) is 14.9 Å². The molecule has 2 heterocycles. The van der Waals surface area contributed by atoms with Gasteiger partial charge in [0.15, 0.2) is 0 Å². The first-order valence-electron chi connectivity index (χ1n) is 12.0. The molecule has 1 fully saturated rings. The molecule has 41 heavy (non-hydrogen) atoms. The third kappa shape index (κ3) is 11.6. The number of rotatable bonds is 8. The van der Waals surface area contributed by atoms with Crippen LogP contribution in [-0.2, 0) is 10.9 Å². The highest BCUT2D eigenvalue weighted by molar-refractivity contribution is 8.00. The molecule has 224 valence electrons. The van der Waals surface area contributed by atoms with E-state index in [1.54, 1.807) is 12.3 Å². The van der Waals surface area contributed by atoms with Crippen LogP contribution in [0.2, 0.25) is 0 Å². The fourth-order valence-corrected chi connectivity index (χ4v) is 4.38. The van der Waals surface area contributed by atoms with E-state index in [0.29, 0.717) is 11.5 Å². The summed E-state index contributed by atoms with van der Waals surface area (Å²) < 4.78 is 50.3. The zero-order chi connectivity index (χ0) is 30.4. The van der Waals surface area contributed by atoms with Crippen LogP contribution in [0.25, 0.3) is 0 Å². The van der Waals surface area contributed by atoms with Gasteiger partial charge in [0, 0.05) is 18.4 Å². The van der Waals surface area contributed by atoms with Crippen molar-refractivity contribution in [2.24, 2.45) is 0 Å². The zero-order valence-electron chi connectivity index (χ0n) is 21.8. The molecule has 16 heteroatoms. The van der Waals surface area contributed by atoms with E-state index in [0.717, 1.165) is 30.7 Å². The zero-order valence-corrected chi connectivity index (χ0v) is 22.6. The molecule has 12 nitrogen and oxygen atoms in total. The molecule has 5 N–H and O–H groups in total. The van der Waals surface area contributed by atoms with E-state index in [-0.39, 0.29) is 30.2 Å². The number of halogens is 3. The van der Waals surface area contributed by atoms with Gasteiger partial charge in [0.1, 0.15) is 29.3 Å². The highest BCUT2D eigenvalue weighted by atomic mass is 32.2. The number of nitrogen functional groups attached to an aromatic ring is 1. The lowest BCUT2D eigenvalue weighted by molar-refractivity contribution is -0.742. The molecule has 0 saturated carbocycles. The SMILES string of the molecule is CNCCC(Oc1ccc(C(F)(F)F)cc1)c1ccccc1.Nc1ccn([C@H]2CS[C@@H](CO)O2)c(=O)n1.O=[N+]([O-])O. The predicted octanol–water partition coefficient (Wildman–Crippen LogP) is 3.49. The van der Waals surface area contributed by atoms with Gasteiger partial charge in [-0.2, -0.15) is 18.2 Å². The summed E-state index contributed by atoms with van der Waals surface area (Å²) in [4.78, 5) is 23.4. The average Bonchev–Trinajstić information content (AvgIpc) is 3.40. The summed E-state index contributed by atoms with van der Waals surface area (Å²) in [6.07, 6.45) is -2.63. The standard InChI is InChI=1S/C17H18F3NO.C8H11N3O3S.HNO3/c1-21-12-11-16(13-5-3-2-4-6-13)22-15-9-7-14(8-10-15)17(18,19)20;9-5-1-2-11(8(13)10-5)6-4-15-7(3-12)14-6;2-1(3)4/h2-10,16,21H,11-12H2,1H3;1-2,6-7,12H,3-4H2,(H2,9,10,13);(H,2,3,4)/t;6-,7+;/m.1./s1. The molecule has 0 radical (unpaired) electrons. The number of benzene rings is 2. The molecule has 1 aromatic heterocycles. The minimum Gasteiger partial charge on any atom is -0.486 e. The minimum absolute atomic E-state index is 0.0572. The number of hydrogen-bond donors (Lipinski definition) is 4. The Morgan fingerprint density at radius 2 is 1.88 bits per heavy atom. The van der Waals surface area contributed by atoms with Crippen LogP contribution in [0.5, 0.6) is 5.75 Å². The number of ether oxygens (including phenoxy) is 2. The lowest BCUT2D eigenvalue weighted by Crippen LogP contribution is -2.28. The molecule has 1 aliphatic rings. The van der Waals surface area contributed by atoms with Crippen LogP contribution in [0.4, 0.5) is 19.0 Å². The van der Waals surface area contributed by atoms with Crippen LogP contribution in [0, 0.1) is 10.1 Å². The van der Waals surface area contributed by atoms with E-state index in [2.05, 4.69) is 10.3 Å². The summed E-state index contributed by atoms with van der Waals surface area (Å²) in [5, 5.41) is 25.6. The van der Waals surface area contributed by atoms with Crippen LogP contribution in [0.15, 0.2) is 71.7 Å². The van der Waals surface area contributed by atoms with Crippen molar-refractivity contribution < 1.29 is 38.0 Å². The molecule has 3 aromatic rings. The van der Waals surface area contributed by atoms with Gasteiger partial charge < -0.3 is 30.8 Å². The second-order valence-electron chi connectivity index (χ2n) is 8.25. The molecule has 0 aliphatic carbocycles. The maximum Gasteiger partial charge on any atom is 0.416 e. The second-order valence-corrected chi connectivity index (χ2v) is 9.44. The average molecular weight is 602 g/mol. The van der Waals surface area contributed by atoms with Gasteiger partial charge in [-0.25, -0.2) is 4.79 Å². The van der Waals surface area contributed by atoms with Gasteiger partial charge in [0.2, 0.25) is 0 Å². The van der Waals surface area contributed by atoms with Crippen molar-refractivity contribution in [2.75, 3.05) is 31.7 Å². The summed E-state index contributed by atoms with van der Waals surface area (Å²) in [7, 11) is 1.85. The first-order chi connectivity index (χ1) is 19.4. The maximum absolute atomic E-state index is 12.6. The van der Waals surface area contributed by atoms with Gasteiger partial charge in [0.05, 0.1) is 12.2 Å². The normalized spacial score (nSPS) is 16.9. The Balaban J connectivity index is 0.000000267. The Labute approximate surface area is 237 Å². The van der Waals surface area contributed by atoms with Crippen LogP contribution >= 0.6 is 11.8 Å². The van der Waals surface area contributed by atoms with E-state index in [4.69, 9.17) is 35.6 Å². The Kier molecular flexibility index (Phi) is 13.4. The van der Waals surface area contributed by atoms with E-state index in [1.807, 2.05) is 37.4 Å². The van der Waals surface area contributed by atoms with Gasteiger partial charge in [0.25, 0.3) is 5.09 Å². The maximum atomic E-state index is 12.6. The smallest absolute Gasteiger partial charge is 0.416 e. The van der Waals surface area contributed by atoms with Gasteiger partial charge in [-0.3, -0.25) is 4.57 Å². The molecule has 1 saturated heterocycles. The highest BCUT2D eigenvalue weighted by Crippen LogP contribution is 2.32. The monoisotopic (exact) mass is 601 g/mol. The van der Waals surface area contributed by atoms with Crippen LogP contribution in [-0.4, -0.2) is 56.3 Å².